The lowest BCUT2D eigenvalue weighted by Crippen LogP contribution is -2.35. The summed E-state index contributed by atoms with van der Waals surface area (Å²) in [6, 6.07) is 7.96. The minimum atomic E-state index is -0.150. The number of rotatable bonds is 8. The number of benzene rings is 1. The van der Waals surface area contributed by atoms with Gasteiger partial charge in [0.25, 0.3) is 0 Å². The molecule has 3 rings (SSSR count). The molecule has 2 atom stereocenters. The Morgan fingerprint density at radius 3 is 2.74 bits per heavy atom. The van der Waals surface area contributed by atoms with E-state index >= 15 is 0 Å². The van der Waals surface area contributed by atoms with Crippen LogP contribution in [0.2, 0.25) is 5.02 Å². The number of ether oxygens (including phenoxy) is 1. The van der Waals surface area contributed by atoms with Gasteiger partial charge in [-0.15, -0.1) is 0 Å². The highest BCUT2D eigenvalue weighted by molar-refractivity contribution is 6.31. The van der Waals surface area contributed by atoms with Gasteiger partial charge < -0.3 is 9.64 Å². The van der Waals surface area contributed by atoms with Gasteiger partial charge in [-0.25, -0.2) is 4.79 Å². The molecule has 1 unspecified atom stereocenters. The molecule has 0 N–H and O–H groups in total. The molecule has 1 aliphatic heterocycles. The van der Waals surface area contributed by atoms with E-state index in [0.717, 1.165) is 44.7 Å². The number of carbonyl (C=O) groups is 1. The van der Waals surface area contributed by atoms with Crippen LogP contribution in [0.4, 0.5) is 4.79 Å². The Morgan fingerprint density at radius 1 is 1.29 bits per heavy atom. The van der Waals surface area contributed by atoms with E-state index in [1.54, 1.807) is 0 Å². The second kappa shape index (κ2) is 11.2. The zero-order chi connectivity index (χ0) is 22.3. The molecule has 0 radical (unpaired) electrons. The highest BCUT2D eigenvalue weighted by Crippen LogP contribution is 2.46. The number of aryl methyl sites for hydroxylation is 1. The lowest BCUT2D eigenvalue weighted by Gasteiger charge is -2.40. The van der Waals surface area contributed by atoms with Crippen LogP contribution in [0.15, 0.2) is 18.2 Å². The Morgan fingerprint density at radius 2 is 2.06 bits per heavy atom. The van der Waals surface area contributed by atoms with Gasteiger partial charge in [-0.1, -0.05) is 63.6 Å². The van der Waals surface area contributed by atoms with Crippen LogP contribution < -0.4 is 0 Å². The Labute approximate surface area is 192 Å². The van der Waals surface area contributed by atoms with E-state index in [1.807, 2.05) is 30.0 Å². The number of halogens is 1. The van der Waals surface area contributed by atoms with Crippen molar-refractivity contribution >= 4 is 17.7 Å². The zero-order valence-electron chi connectivity index (χ0n) is 19.2. The summed E-state index contributed by atoms with van der Waals surface area (Å²) in [6.45, 7) is 6.57. The van der Waals surface area contributed by atoms with Crippen LogP contribution in [-0.4, -0.2) is 30.7 Å². The van der Waals surface area contributed by atoms with E-state index in [0.29, 0.717) is 23.1 Å². The second-order valence-corrected chi connectivity index (χ2v) is 10.2. The van der Waals surface area contributed by atoms with Gasteiger partial charge in [0.15, 0.2) is 0 Å². The van der Waals surface area contributed by atoms with Crippen molar-refractivity contribution in [1.82, 2.24) is 4.90 Å². The maximum Gasteiger partial charge on any atom is 0.409 e. The van der Waals surface area contributed by atoms with Gasteiger partial charge in [0.05, 0.1) is 17.2 Å². The standard InChI is InChI=1S/C26H37ClN2O2/c1-3-15-31-25(30)29-14-12-23(19-29)26(2,17-21-7-5-4-6-8-21)13-11-20-9-10-22(18-28)24(27)16-20/h9-10,16,21,23H,3-8,11-15,17,19H2,1-2H3/t23?,26-/m1/s1. The van der Waals surface area contributed by atoms with Crippen molar-refractivity contribution in [3.8, 4) is 6.07 Å². The van der Waals surface area contributed by atoms with Crippen molar-refractivity contribution in [3.63, 3.8) is 0 Å². The maximum absolute atomic E-state index is 12.4. The van der Waals surface area contributed by atoms with Gasteiger partial charge in [-0.05, 0) is 67.1 Å². The minimum Gasteiger partial charge on any atom is -0.449 e. The van der Waals surface area contributed by atoms with Crippen molar-refractivity contribution in [2.75, 3.05) is 19.7 Å². The van der Waals surface area contributed by atoms with E-state index in [1.165, 1.54) is 44.1 Å². The lowest BCUT2D eigenvalue weighted by molar-refractivity contribution is 0.0925. The van der Waals surface area contributed by atoms with Gasteiger partial charge in [-0.3, -0.25) is 0 Å². The Kier molecular flexibility index (Phi) is 8.67. The molecule has 2 fully saturated rings. The third-order valence-electron chi connectivity index (χ3n) is 7.48. The van der Waals surface area contributed by atoms with Crippen LogP contribution in [0.5, 0.6) is 0 Å². The second-order valence-electron chi connectivity index (χ2n) is 9.83. The summed E-state index contributed by atoms with van der Waals surface area (Å²) in [4.78, 5) is 14.3. The molecule has 1 heterocycles. The van der Waals surface area contributed by atoms with E-state index in [9.17, 15) is 4.79 Å². The molecule has 1 aliphatic carbocycles. The predicted octanol–water partition coefficient (Wildman–Crippen LogP) is 6.99. The minimum absolute atomic E-state index is 0.150. The van der Waals surface area contributed by atoms with Crippen molar-refractivity contribution in [3.05, 3.63) is 34.3 Å². The SMILES string of the molecule is CCCOC(=O)N1CCC([C@](C)(CCc2ccc(C#N)c(Cl)c2)CC2CCCCC2)C1. The average molecular weight is 445 g/mol. The topological polar surface area (TPSA) is 53.3 Å². The summed E-state index contributed by atoms with van der Waals surface area (Å²) >= 11 is 6.28. The third kappa shape index (κ3) is 6.39. The smallest absolute Gasteiger partial charge is 0.409 e. The van der Waals surface area contributed by atoms with Crippen LogP contribution in [-0.2, 0) is 11.2 Å². The third-order valence-corrected chi connectivity index (χ3v) is 7.79. The summed E-state index contributed by atoms with van der Waals surface area (Å²) in [5, 5.41) is 9.68. The molecule has 5 heteroatoms. The molecule has 170 valence electrons. The first-order valence-electron chi connectivity index (χ1n) is 12.1. The molecule has 1 saturated heterocycles. The summed E-state index contributed by atoms with van der Waals surface area (Å²) < 4.78 is 5.40. The van der Waals surface area contributed by atoms with Gasteiger partial charge in [-0.2, -0.15) is 5.26 Å². The van der Waals surface area contributed by atoms with E-state index in [4.69, 9.17) is 21.6 Å². The normalized spacial score (nSPS) is 21.5. The highest BCUT2D eigenvalue weighted by atomic mass is 35.5. The number of nitrogens with zero attached hydrogens (tertiary/aromatic N) is 2. The zero-order valence-corrected chi connectivity index (χ0v) is 19.9. The molecule has 0 bridgehead atoms. The van der Waals surface area contributed by atoms with Gasteiger partial charge >= 0.3 is 6.09 Å². The number of hydrogen-bond acceptors (Lipinski definition) is 3. The fraction of sp³-hybridized carbons (Fsp3) is 0.692. The largest absolute Gasteiger partial charge is 0.449 e. The Bertz CT molecular complexity index is 784. The number of carbonyl (C=O) groups excluding carboxylic acids is 1. The Balaban J connectivity index is 1.70. The molecule has 1 aromatic rings. The van der Waals surface area contributed by atoms with Crippen molar-refractivity contribution < 1.29 is 9.53 Å². The van der Waals surface area contributed by atoms with Crippen molar-refractivity contribution in [1.29, 1.82) is 5.26 Å². The van der Waals surface area contributed by atoms with E-state index in [2.05, 4.69) is 13.0 Å². The van der Waals surface area contributed by atoms with Crippen LogP contribution in [0.1, 0.15) is 82.8 Å². The molecular weight excluding hydrogens is 408 g/mol. The van der Waals surface area contributed by atoms with E-state index in [-0.39, 0.29) is 11.5 Å². The molecule has 0 spiro atoms. The first kappa shape index (κ1) is 23.9. The van der Waals surface area contributed by atoms with Crippen molar-refractivity contribution in [2.45, 2.75) is 78.1 Å². The van der Waals surface area contributed by atoms with Crippen LogP contribution in [0.3, 0.4) is 0 Å². The molecule has 2 aliphatic rings. The molecule has 0 aromatic heterocycles. The fourth-order valence-electron chi connectivity index (χ4n) is 5.53. The first-order valence-corrected chi connectivity index (χ1v) is 12.4. The van der Waals surface area contributed by atoms with Gasteiger partial charge in [0.1, 0.15) is 6.07 Å². The number of amides is 1. The monoisotopic (exact) mass is 444 g/mol. The van der Waals surface area contributed by atoms with Gasteiger partial charge in [0.2, 0.25) is 0 Å². The molecular formula is C26H37ClN2O2. The number of nitriles is 1. The highest BCUT2D eigenvalue weighted by Gasteiger charge is 2.41. The molecule has 1 aromatic carbocycles. The van der Waals surface area contributed by atoms with Crippen LogP contribution in [0, 0.1) is 28.6 Å². The average Bonchev–Trinajstić information content (AvgIpc) is 3.28. The van der Waals surface area contributed by atoms with Crippen LogP contribution >= 0.6 is 11.6 Å². The van der Waals surface area contributed by atoms with E-state index < -0.39 is 0 Å². The lowest BCUT2D eigenvalue weighted by atomic mass is 9.65. The fourth-order valence-corrected chi connectivity index (χ4v) is 5.78. The molecule has 31 heavy (non-hydrogen) atoms. The molecule has 1 amide bonds. The quantitative estimate of drug-likeness (QED) is 0.434. The summed E-state index contributed by atoms with van der Waals surface area (Å²) in [7, 11) is 0. The maximum atomic E-state index is 12.4. The summed E-state index contributed by atoms with van der Waals surface area (Å²) in [6.07, 6.45) is 11.8. The van der Waals surface area contributed by atoms with Gasteiger partial charge in [0, 0.05) is 13.1 Å². The van der Waals surface area contributed by atoms with Crippen LogP contribution in [0.25, 0.3) is 0 Å². The summed E-state index contributed by atoms with van der Waals surface area (Å²) in [5.41, 5.74) is 1.91. The molecule has 1 saturated carbocycles. The molecule has 4 nitrogen and oxygen atoms in total. The predicted molar refractivity (Wildman–Crippen MR) is 125 cm³/mol. The Hall–Kier alpha value is -1.73. The number of hydrogen-bond donors (Lipinski definition) is 0. The summed E-state index contributed by atoms with van der Waals surface area (Å²) in [5.74, 6) is 1.29. The van der Waals surface area contributed by atoms with Crippen molar-refractivity contribution in [2.24, 2.45) is 17.3 Å². The first-order chi connectivity index (χ1) is 14.9. The number of likely N-dealkylation sites (tertiary alicyclic amines) is 1.